The molecule has 1 aliphatic heterocycles. The van der Waals surface area contributed by atoms with Crippen LogP contribution in [0.25, 0.3) is 11.0 Å². The van der Waals surface area contributed by atoms with Crippen molar-refractivity contribution >= 4 is 11.0 Å². The molecule has 3 heterocycles. The summed E-state index contributed by atoms with van der Waals surface area (Å²) in [6, 6.07) is 7.68. The van der Waals surface area contributed by atoms with Gasteiger partial charge in [0.2, 0.25) is 0 Å². The van der Waals surface area contributed by atoms with E-state index in [-0.39, 0.29) is 0 Å². The van der Waals surface area contributed by atoms with E-state index in [0.29, 0.717) is 11.2 Å². The summed E-state index contributed by atoms with van der Waals surface area (Å²) < 4.78 is 7.62. The third-order valence-electron chi connectivity index (χ3n) is 5.80. The zero-order valence-corrected chi connectivity index (χ0v) is 14.9. The van der Waals surface area contributed by atoms with Gasteiger partial charge in [-0.15, -0.1) is 0 Å². The lowest BCUT2D eigenvalue weighted by Gasteiger charge is -2.25. The van der Waals surface area contributed by atoms with E-state index in [1.807, 2.05) is 31.2 Å². The highest BCUT2D eigenvalue weighted by Crippen LogP contribution is 2.38. The number of hydrogen-bond donors (Lipinski definition) is 3. The summed E-state index contributed by atoms with van der Waals surface area (Å²) in [6.45, 7) is 1.88. The molecule has 27 heavy (non-hydrogen) atoms. The van der Waals surface area contributed by atoms with Gasteiger partial charge in [0.05, 0.1) is 5.69 Å². The van der Waals surface area contributed by atoms with E-state index in [2.05, 4.69) is 9.97 Å². The molecule has 7 nitrogen and oxygen atoms in total. The van der Waals surface area contributed by atoms with E-state index >= 15 is 0 Å². The number of rotatable bonds is 3. The van der Waals surface area contributed by atoms with Crippen LogP contribution in [0.4, 0.5) is 0 Å². The highest BCUT2D eigenvalue weighted by atomic mass is 16.6. The van der Waals surface area contributed by atoms with E-state index in [1.165, 1.54) is 17.5 Å². The summed E-state index contributed by atoms with van der Waals surface area (Å²) >= 11 is 0. The fourth-order valence-electron chi connectivity index (χ4n) is 4.07. The molecule has 0 bridgehead atoms. The van der Waals surface area contributed by atoms with Crippen LogP contribution in [0.5, 0.6) is 0 Å². The molecule has 0 radical (unpaired) electrons. The third kappa shape index (κ3) is 2.50. The van der Waals surface area contributed by atoms with Gasteiger partial charge in [0.1, 0.15) is 36.4 Å². The van der Waals surface area contributed by atoms with Crippen LogP contribution in [0, 0.1) is 6.92 Å². The van der Waals surface area contributed by atoms with Gasteiger partial charge in [-0.2, -0.15) is 0 Å². The first-order chi connectivity index (χ1) is 13.0. The van der Waals surface area contributed by atoms with Gasteiger partial charge >= 0.3 is 0 Å². The molecule has 0 saturated carbocycles. The Morgan fingerprint density at radius 1 is 1.11 bits per heavy atom. The number of hydrogen-bond acceptors (Lipinski definition) is 6. The minimum Gasteiger partial charge on any atom is -0.387 e. The minimum atomic E-state index is -1.21. The van der Waals surface area contributed by atoms with E-state index in [0.717, 1.165) is 23.9 Å². The Morgan fingerprint density at radius 3 is 2.67 bits per heavy atom. The number of aliphatic hydroxyl groups excluding tert-OH is 3. The molecule has 0 amide bonds. The molecule has 5 rings (SSSR count). The van der Waals surface area contributed by atoms with E-state index in [4.69, 9.17) is 4.74 Å². The Bertz CT molecular complexity index is 1020. The second-order valence-corrected chi connectivity index (χ2v) is 7.36. The SMILES string of the molecule is Cc1ncnc2c1ccn2[C@@H]1O[C@H]([C@@H](O)c2ccc3c(c2)CC3)[C@@H](O)[C@H]1O. The first-order valence-electron chi connectivity index (χ1n) is 9.14. The van der Waals surface area contributed by atoms with Crippen molar-refractivity contribution in [2.75, 3.05) is 0 Å². The standard InChI is InChI=1S/C20H21N3O4/c1-10-14-6-7-23(19(14)22-9-21-10)20-17(26)16(25)18(27-20)15(24)13-5-3-11-2-4-12(11)8-13/h3,5-9,15-18,20,24-26H,2,4H2,1H3/t15-,16-,17+,18+,20+/m0/s1. The minimum absolute atomic E-state index is 0.620. The molecule has 1 aliphatic carbocycles. The molecule has 5 atom stereocenters. The lowest BCUT2D eigenvalue weighted by Crippen LogP contribution is -2.35. The van der Waals surface area contributed by atoms with Gasteiger partial charge in [-0.05, 0) is 42.5 Å². The molecule has 3 N–H and O–H groups in total. The van der Waals surface area contributed by atoms with E-state index in [1.54, 1.807) is 10.8 Å². The van der Waals surface area contributed by atoms with Gasteiger partial charge in [0.25, 0.3) is 0 Å². The Labute approximate surface area is 155 Å². The van der Waals surface area contributed by atoms with Gasteiger partial charge in [0, 0.05) is 11.6 Å². The van der Waals surface area contributed by atoms with Crippen LogP contribution < -0.4 is 0 Å². The number of aryl methyl sites for hydroxylation is 3. The van der Waals surface area contributed by atoms with Crippen LogP contribution in [-0.4, -0.2) is 48.2 Å². The monoisotopic (exact) mass is 367 g/mol. The van der Waals surface area contributed by atoms with Crippen molar-refractivity contribution in [3.8, 4) is 0 Å². The number of ether oxygens (including phenoxy) is 1. The van der Waals surface area contributed by atoms with E-state index in [9.17, 15) is 15.3 Å². The second kappa shape index (κ2) is 6.10. The van der Waals surface area contributed by atoms with Crippen molar-refractivity contribution < 1.29 is 20.1 Å². The van der Waals surface area contributed by atoms with Crippen molar-refractivity contribution in [3.05, 3.63) is 59.2 Å². The van der Waals surface area contributed by atoms with E-state index < -0.39 is 30.6 Å². The van der Waals surface area contributed by atoms with Gasteiger partial charge in [0.15, 0.2) is 6.23 Å². The van der Waals surface area contributed by atoms with Crippen molar-refractivity contribution in [2.45, 2.75) is 50.4 Å². The molecule has 1 fully saturated rings. The quantitative estimate of drug-likeness (QED) is 0.643. The van der Waals surface area contributed by atoms with Crippen LogP contribution in [0.3, 0.4) is 0 Å². The smallest absolute Gasteiger partial charge is 0.164 e. The topological polar surface area (TPSA) is 101 Å². The van der Waals surface area contributed by atoms with Crippen LogP contribution in [0.1, 0.15) is 34.7 Å². The molecular formula is C20H21N3O4. The highest BCUT2D eigenvalue weighted by molar-refractivity contribution is 5.78. The van der Waals surface area contributed by atoms with Crippen molar-refractivity contribution in [3.63, 3.8) is 0 Å². The number of fused-ring (bicyclic) bond motifs is 2. The Morgan fingerprint density at radius 2 is 1.93 bits per heavy atom. The third-order valence-corrected chi connectivity index (χ3v) is 5.80. The Hall–Kier alpha value is -2.32. The molecule has 140 valence electrons. The maximum atomic E-state index is 10.8. The average molecular weight is 367 g/mol. The summed E-state index contributed by atoms with van der Waals surface area (Å²) in [5.74, 6) is 0. The van der Waals surface area contributed by atoms with Crippen LogP contribution in [0.2, 0.25) is 0 Å². The summed E-state index contributed by atoms with van der Waals surface area (Å²) in [7, 11) is 0. The maximum absolute atomic E-state index is 10.8. The first-order valence-corrected chi connectivity index (χ1v) is 9.14. The van der Waals surface area contributed by atoms with Gasteiger partial charge in [-0.1, -0.05) is 18.2 Å². The predicted octanol–water partition coefficient (Wildman–Crippen LogP) is 1.19. The molecule has 3 aromatic rings. The molecule has 1 aromatic carbocycles. The van der Waals surface area contributed by atoms with Crippen LogP contribution >= 0.6 is 0 Å². The van der Waals surface area contributed by atoms with Gasteiger partial charge < -0.3 is 24.6 Å². The van der Waals surface area contributed by atoms with Crippen molar-refractivity contribution in [2.24, 2.45) is 0 Å². The summed E-state index contributed by atoms with van der Waals surface area (Å²) in [5, 5.41) is 32.8. The molecule has 1 saturated heterocycles. The maximum Gasteiger partial charge on any atom is 0.164 e. The van der Waals surface area contributed by atoms with Gasteiger partial charge in [-0.25, -0.2) is 9.97 Å². The van der Waals surface area contributed by atoms with Gasteiger partial charge in [-0.3, -0.25) is 0 Å². The normalized spacial score (nSPS) is 28.1. The second-order valence-electron chi connectivity index (χ2n) is 7.36. The predicted molar refractivity (Wildman–Crippen MR) is 97.0 cm³/mol. The zero-order chi connectivity index (χ0) is 18.7. The Balaban J connectivity index is 1.46. The zero-order valence-electron chi connectivity index (χ0n) is 14.9. The fourth-order valence-corrected chi connectivity index (χ4v) is 4.07. The lowest BCUT2D eigenvalue weighted by molar-refractivity contribution is -0.0848. The molecule has 7 heteroatoms. The molecule has 0 spiro atoms. The largest absolute Gasteiger partial charge is 0.387 e. The molecular weight excluding hydrogens is 346 g/mol. The first kappa shape index (κ1) is 16.8. The summed E-state index contributed by atoms with van der Waals surface area (Å²) in [4.78, 5) is 8.45. The molecule has 0 unspecified atom stereocenters. The summed E-state index contributed by atoms with van der Waals surface area (Å²) in [6.07, 6.45) is 0.108. The van der Waals surface area contributed by atoms with Crippen LogP contribution in [0.15, 0.2) is 36.8 Å². The number of benzene rings is 1. The molecule has 2 aromatic heterocycles. The Kier molecular flexibility index (Phi) is 3.80. The average Bonchev–Trinajstić information content (AvgIpc) is 3.19. The number of aliphatic hydroxyl groups is 3. The fraction of sp³-hybridized carbons (Fsp3) is 0.400. The lowest BCUT2D eigenvalue weighted by atomic mass is 9.85. The number of aromatic nitrogens is 3. The molecule has 2 aliphatic rings. The van der Waals surface area contributed by atoms with Crippen molar-refractivity contribution in [1.82, 2.24) is 14.5 Å². The summed E-state index contributed by atoms with van der Waals surface area (Å²) in [5.41, 5.74) is 4.66. The van der Waals surface area contributed by atoms with Crippen LogP contribution in [-0.2, 0) is 17.6 Å². The van der Waals surface area contributed by atoms with Crippen molar-refractivity contribution in [1.29, 1.82) is 0 Å². The highest BCUT2D eigenvalue weighted by Gasteiger charge is 2.47. The number of nitrogens with zero attached hydrogens (tertiary/aromatic N) is 3.